The van der Waals surface area contributed by atoms with Gasteiger partial charge in [0.2, 0.25) is 0 Å². The first-order chi connectivity index (χ1) is 12.7. The van der Waals surface area contributed by atoms with E-state index in [1.807, 2.05) is 19.0 Å². The van der Waals surface area contributed by atoms with Crippen LogP contribution in [0.2, 0.25) is 0 Å². The van der Waals surface area contributed by atoms with Crippen molar-refractivity contribution in [1.82, 2.24) is 10.2 Å². The first-order valence-electron chi connectivity index (χ1n) is 7.95. The van der Waals surface area contributed by atoms with Crippen LogP contribution in [-0.2, 0) is 10.0 Å². The van der Waals surface area contributed by atoms with Crippen LogP contribution in [0.4, 0.5) is 20.2 Å². The predicted octanol–water partition coefficient (Wildman–Crippen LogP) is 2.61. The van der Waals surface area contributed by atoms with Gasteiger partial charge in [0.25, 0.3) is 10.0 Å². The molecule has 2 aromatic rings. The Morgan fingerprint density at radius 2 is 1.67 bits per heavy atom. The van der Waals surface area contributed by atoms with Gasteiger partial charge in [-0.05, 0) is 68.8 Å². The van der Waals surface area contributed by atoms with Crippen LogP contribution in [0.1, 0.15) is 0 Å². The number of anilines is 2. The molecule has 27 heavy (non-hydrogen) atoms. The first kappa shape index (κ1) is 21.0. The second-order valence-corrected chi connectivity index (χ2v) is 8.03. The molecule has 0 heterocycles. The zero-order chi connectivity index (χ0) is 20.0. The molecule has 146 valence electrons. The summed E-state index contributed by atoms with van der Waals surface area (Å²) < 4.78 is 53.0. The van der Waals surface area contributed by atoms with E-state index in [1.165, 1.54) is 12.1 Å². The molecule has 0 spiro atoms. The molecule has 0 fully saturated rings. The molecule has 10 heteroatoms. The number of nitrogens with one attached hydrogen (secondary N) is 3. The lowest BCUT2D eigenvalue weighted by Gasteiger charge is -2.14. The number of sulfonamides is 1. The van der Waals surface area contributed by atoms with Crippen LogP contribution in [0, 0.1) is 11.6 Å². The van der Waals surface area contributed by atoms with Crippen LogP contribution < -0.4 is 15.4 Å². The number of benzene rings is 2. The summed E-state index contributed by atoms with van der Waals surface area (Å²) in [4.78, 5) is 1.65. The van der Waals surface area contributed by atoms with Gasteiger partial charge in [-0.2, -0.15) is 0 Å². The van der Waals surface area contributed by atoms with Crippen LogP contribution >= 0.6 is 12.2 Å². The molecule has 2 aromatic carbocycles. The smallest absolute Gasteiger partial charge is 0.261 e. The van der Waals surface area contributed by atoms with E-state index in [4.69, 9.17) is 12.2 Å². The van der Waals surface area contributed by atoms with Crippen molar-refractivity contribution < 1.29 is 17.2 Å². The Hall–Kier alpha value is -2.30. The molecule has 0 amide bonds. The molecule has 0 unspecified atom stereocenters. The third-order valence-corrected chi connectivity index (χ3v) is 5.07. The van der Waals surface area contributed by atoms with E-state index < -0.39 is 21.7 Å². The summed E-state index contributed by atoms with van der Waals surface area (Å²) >= 11 is 5.18. The molecule has 0 bridgehead atoms. The molecule has 0 atom stereocenters. The zero-order valence-electron chi connectivity index (χ0n) is 14.8. The van der Waals surface area contributed by atoms with Crippen molar-refractivity contribution in [2.75, 3.05) is 37.2 Å². The lowest BCUT2D eigenvalue weighted by Crippen LogP contribution is -2.34. The number of hydrogen-bond donors (Lipinski definition) is 3. The third-order valence-electron chi connectivity index (χ3n) is 3.44. The molecule has 3 N–H and O–H groups in total. The molecule has 0 saturated heterocycles. The van der Waals surface area contributed by atoms with Crippen molar-refractivity contribution in [3.8, 4) is 0 Å². The Balaban J connectivity index is 1.98. The van der Waals surface area contributed by atoms with Gasteiger partial charge in [0, 0.05) is 24.5 Å². The standard InChI is InChI=1S/C17H20F2N4O2S2/c1-23(2)10-9-20-17(26)21-12-3-5-13(6-4-12)22-27(24,25)14-7-8-15(18)16(19)11-14/h3-8,11,22H,9-10H2,1-2H3,(H2,20,21,26). The highest BCUT2D eigenvalue weighted by Crippen LogP contribution is 2.20. The van der Waals surface area contributed by atoms with Gasteiger partial charge in [-0.15, -0.1) is 0 Å². The Morgan fingerprint density at radius 3 is 2.26 bits per heavy atom. The molecular formula is C17H20F2N4O2S2. The fourth-order valence-corrected chi connectivity index (χ4v) is 3.34. The quantitative estimate of drug-likeness (QED) is 0.605. The van der Waals surface area contributed by atoms with Gasteiger partial charge in [0.15, 0.2) is 16.7 Å². The average Bonchev–Trinajstić information content (AvgIpc) is 2.58. The Labute approximate surface area is 162 Å². The first-order valence-corrected chi connectivity index (χ1v) is 9.84. The summed E-state index contributed by atoms with van der Waals surface area (Å²) in [7, 11) is -0.115. The monoisotopic (exact) mass is 414 g/mol. The van der Waals surface area contributed by atoms with E-state index in [1.54, 1.807) is 12.1 Å². The number of nitrogens with zero attached hydrogens (tertiary/aromatic N) is 1. The molecule has 0 aliphatic heterocycles. The van der Waals surface area contributed by atoms with Gasteiger partial charge in [0.05, 0.1) is 4.90 Å². The van der Waals surface area contributed by atoms with Gasteiger partial charge in [-0.1, -0.05) is 0 Å². The molecule has 2 rings (SSSR count). The van der Waals surface area contributed by atoms with Crippen LogP contribution in [0.15, 0.2) is 47.4 Å². The lowest BCUT2D eigenvalue weighted by molar-refractivity contribution is 0.413. The van der Waals surface area contributed by atoms with Crippen molar-refractivity contribution in [2.45, 2.75) is 4.90 Å². The van der Waals surface area contributed by atoms with E-state index >= 15 is 0 Å². The van der Waals surface area contributed by atoms with Crippen molar-refractivity contribution in [3.05, 3.63) is 54.1 Å². The minimum atomic E-state index is -4.03. The summed E-state index contributed by atoms with van der Waals surface area (Å²) in [5.41, 5.74) is 0.949. The minimum absolute atomic E-state index is 0.275. The molecule has 0 aliphatic carbocycles. The normalized spacial score (nSPS) is 11.3. The number of thiocarbonyl (C=S) groups is 1. The highest BCUT2D eigenvalue weighted by molar-refractivity contribution is 7.92. The van der Waals surface area contributed by atoms with Crippen LogP contribution in [0.3, 0.4) is 0 Å². The van der Waals surface area contributed by atoms with E-state index in [9.17, 15) is 17.2 Å². The van der Waals surface area contributed by atoms with Crippen molar-refractivity contribution in [2.24, 2.45) is 0 Å². The maximum atomic E-state index is 13.3. The number of likely N-dealkylation sites (N-methyl/N-ethyl adjacent to an activating group) is 1. The van der Waals surface area contributed by atoms with Gasteiger partial charge >= 0.3 is 0 Å². The number of rotatable bonds is 7. The minimum Gasteiger partial charge on any atom is -0.361 e. The maximum Gasteiger partial charge on any atom is 0.261 e. The lowest BCUT2D eigenvalue weighted by atomic mass is 10.3. The largest absolute Gasteiger partial charge is 0.361 e. The fraction of sp³-hybridized carbons (Fsp3) is 0.235. The number of hydrogen-bond acceptors (Lipinski definition) is 4. The highest BCUT2D eigenvalue weighted by Gasteiger charge is 2.16. The molecule has 0 aliphatic rings. The summed E-state index contributed by atoms with van der Waals surface area (Å²) in [6.07, 6.45) is 0. The van der Waals surface area contributed by atoms with Crippen molar-refractivity contribution in [1.29, 1.82) is 0 Å². The predicted molar refractivity (Wildman–Crippen MR) is 106 cm³/mol. The van der Waals surface area contributed by atoms with E-state index in [-0.39, 0.29) is 10.6 Å². The Kier molecular flexibility index (Phi) is 7.05. The summed E-state index contributed by atoms with van der Waals surface area (Å²) in [5.74, 6) is -2.34. The number of halogens is 2. The van der Waals surface area contributed by atoms with Gasteiger partial charge in [-0.3, -0.25) is 4.72 Å². The molecule has 0 saturated carbocycles. The Bertz CT molecular complexity index is 904. The molecular weight excluding hydrogens is 394 g/mol. The summed E-state index contributed by atoms with van der Waals surface area (Å²) in [6.45, 7) is 1.51. The fourth-order valence-electron chi connectivity index (χ4n) is 2.05. The second-order valence-electron chi connectivity index (χ2n) is 5.94. The van der Waals surface area contributed by atoms with E-state index in [0.717, 1.165) is 18.7 Å². The molecule has 6 nitrogen and oxygen atoms in total. The van der Waals surface area contributed by atoms with E-state index in [2.05, 4.69) is 15.4 Å². The van der Waals surface area contributed by atoms with E-state index in [0.29, 0.717) is 23.4 Å². The topological polar surface area (TPSA) is 73.5 Å². The van der Waals surface area contributed by atoms with Crippen LogP contribution in [0.5, 0.6) is 0 Å². The van der Waals surface area contributed by atoms with Gasteiger partial charge < -0.3 is 15.5 Å². The van der Waals surface area contributed by atoms with Crippen LogP contribution in [-0.4, -0.2) is 45.6 Å². The van der Waals surface area contributed by atoms with Crippen molar-refractivity contribution in [3.63, 3.8) is 0 Å². The van der Waals surface area contributed by atoms with Gasteiger partial charge in [0.1, 0.15) is 0 Å². The SMILES string of the molecule is CN(C)CCNC(=S)Nc1ccc(NS(=O)(=O)c2ccc(F)c(F)c2)cc1. The van der Waals surface area contributed by atoms with Crippen LogP contribution in [0.25, 0.3) is 0 Å². The summed E-state index contributed by atoms with van der Waals surface area (Å²) in [5, 5.41) is 6.48. The average molecular weight is 415 g/mol. The summed E-state index contributed by atoms with van der Waals surface area (Å²) in [6, 6.07) is 8.73. The Morgan fingerprint density at radius 1 is 1.04 bits per heavy atom. The van der Waals surface area contributed by atoms with Crippen molar-refractivity contribution >= 4 is 38.7 Å². The zero-order valence-corrected chi connectivity index (χ0v) is 16.4. The van der Waals surface area contributed by atoms with Gasteiger partial charge in [-0.25, -0.2) is 17.2 Å². The second kappa shape index (κ2) is 9.07. The maximum absolute atomic E-state index is 13.3. The molecule has 0 radical (unpaired) electrons. The molecule has 0 aromatic heterocycles. The highest BCUT2D eigenvalue weighted by atomic mass is 32.2. The third kappa shape index (κ3) is 6.42.